The van der Waals surface area contributed by atoms with Crippen LogP contribution in [0, 0.1) is 11.3 Å². The minimum absolute atomic E-state index is 0.619. The number of fused-ring (bicyclic) bond motifs is 12. The number of aromatic nitrogens is 6. The molecule has 0 N–H and O–H groups in total. The maximum absolute atomic E-state index is 9.73. The van der Waals surface area contributed by atoms with Gasteiger partial charge in [0.05, 0.1) is 67.2 Å². The highest BCUT2D eigenvalue weighted by Crippen LogP contribution is 2.42. The number of benzene rings is 14. The molecule has 5 aromatic heterocycles. The lowest BCUT2D eigenvalue weighted by molar-refractivity contribution is 1.16. The Morgan fingerprint density at radius 2 is 0.531 bits per heavy atom. The maximum atomic E-state index is 9.73. The highest BCUT2D eigenvalue weighted by molar-refractivity contribution is 6.15. The molecular formula is C89H55N7. The van der Waals surface area contributed by atoms with Gasteiger partial charge in [-0.2, -0.15) is 5.26 Å². The Kier molecular flexibility index (Phi) is 12.5. The molecule has 5 heterocycles. The van der Waals surface area contributed by atoms with Crippen LogP contribution in [0.25, 0.3) is 177 Å². The molecule has 0 atom stereocenters. The fraction of sp³-hybridized carbons (Fsp3) is 0. The van der Waals surface area contributed by atoms with Crippen LogP contribution in [0.1, 0.15) is 5.56 Å². The van der Waals surface area contributed by atoms with Gasteiger partial charge in [0.15, 0.2) is 5.82 Å². The third kappa shape index (κ3) is 8.89. The quantitative estimate of drug-likeness (QED) is 0.137. The van der Waals surface area contributed by atoms with Crippen molar-refractivity contribution in [2.75, 3.05) is 0 Å². The van der Waals surface area contributed by atoms with E-state index in [-0.39, 0.29) is 0 Å². The van der Waals surface area contributed by atoms with Gasteiger partial charge >= 0.3 is 0 Å². The highest BCUT2D eigenvalue weighted by atomic mass is 15.0. The van der Waals surface area contributed by atoms with E-state index in [4.69, 9.17) is 9.97 Å². The van der Waals surface area contributed by atoms with Gasteiger partial charge in [-0.05, 0) is 185 Å². The van der Waals surface area contributed by atoms with Crippen LogP contribution in [-0.4, -0.2) is 28.2 Å². The molecule has 0 bridgehead atoms. The highest BCUT2D eigenvalue weighted by Gasteiger charge is 2.21. The Morgan fingerprint density at radius 1 is 0.208 bits per heavy atom. The average Bonchev–Trinajstić information content (AvgIpc) is 1.62. The molecule has 0 aliphatic rings. The zero-order valence-electron chi connectivity index (χ0n) is 51.9. The van der Waals surface area contributed by atoms with E-state index >= 15 is 0 Å². The van der Waals surface area contributed by atoms with Crippen molar-refractivity contribution in [2.45, 2.75) is 0 Å². The summed E-state index contributed by atoms with van der Waals surface area (Å²) in [5, 5.41) is 19.4. The first-order chi connectivity index (χ1) is 47.5. The Balaban J connectivity index is 0.699. The maximum Gasteiger partial charge on any atom is 0.160 e. The predicted molar refractivity (Wildman–Crippen MR) is 397 cm³/mol. The Labute approximate surface area is 552 Å². The van der Waals surface area contributed by atoms with Gasteiger partial charge in [0.25, 0.3) is 0 Å². The van der Waals surface area contributed by atoms with Crippen LogP contribution in [-0.2, 0) is 0 Å². The summed E-state index contributed by atoms with van der Waals surface area (Å²) in [5.41, 5.74) is 25.3. The normalized spacial score (nSPS) is 11.7. The number of para-hydroxylation sites is 6. The lowest BCUT2D eigenvalue weighted by Crippen LogP contribution is -1.98. The van der Waals surface area contributed by atoms with E-state index in [9.17, 15) is 5.26 Å². The summed E-state index contributed by atoms with van der Waals surface area (Å²) in [6, 6.07) is 122. The number of hydrogen-bond acceptors (Lipinski definition) is 3. The molecule has 0 saturated carbocycles. The van der Waals surface area contributed by atoms with Crippen LogP contribution in [0.5, 0.6) is 0 Å². The zero-order chi connectivity index (χ0) is 63.4. The van der Waals surface area contributed by atoms with Gasteiger partial charge in [0.2, 0.25) is 0 Å². The number of nitriles is 1. The van der Waals surface area contributed by atoms with Gasteiger partial charge in [-0.1, -0.05) is 182 Å². The zero-order valence-corrected chi connectivity index (χ0v) is 51.9. The SMILES string of the molecule is N#Cc1cccc(-c2ccc(-c3cc(-c4cccc(-n5c6ccccc6c6cc(-c7ccc8c(c7)c7ccccc7n8-c7ccccc7)ccc65)c4)nc(-c4ccc(-n5c6ccccc6c6cc(-c7ccc8c(c7)c7ccccc7n8-c7ccccc7)ccc65)cc4)n3)cc2)c1. The molecule has 19 rings (SSSR count). The van der Waals surface area contributed by atoms with Crippen molar-refractivity contribution in [1.29, 1.82) is 5.26 Å². The van der Waals surface area contributed by atoms with E-state index in [0.29, 0.717) is 11.4 Å². The molecule has 96 heavy (non-hydrogen) atoms. The van der Waals surface area contributed by atoms with Gasteiger partial charge in [-0.25, -0.2) is 9.97 Å². The van der Waals surface area contributed by atoms with E-state index in [1.54, 1.807) is 0 Å². The van der Waals surface area contributed by atoms with Crippen molar-refractivity contribution in [3.8, 4) is 96.1 Å². The van der Waals surface area contributed by atoms with Crippen molar-refractivity contribution >= 4 is 87.2 Å². The first-order valence-electron chi connectivity index (χ1n) is 32.5. The van der Waals surface area contributed by atoms with Crippen molar-refractivity contribution in [1.82, 2.24) is 28.2 Å². The van der Waals surface area contributed by atoms with Crippen molar-refractivity contribution in [2.24, 2.45) is 0 Å². The Morgan fingerprint density at radius 3 is 0.979 bits per heavy atom. The molecule has 7 heteroatoms. The summed E-state index contributed by atoms with van der Waals surface area (Å²) < 4.78 is 9.50. The Bertz CT molecular complexity index is 6380. The fourth-order valence-corrected chi connectivity index (χ4v) is 14.9. The topological polar surface area (TPSA) is 69.3 Å². The van der Waals surface area contributed by atoms with E-state index < -0.39 is 0 Å². The number of rotatable bonds is 10. The summed E-state index contributed by atoms with van der Waals surface area (Å²) >= 11 is 0. The molecule has 7 nitrogen and oxygen atoms in total. The third-order valence-corrected chi connectivity index (χ3v) is 19.4. The minimum atomic E-state index is 0.619. The number of hydrogen-bond donors (Lipinski definition) is 0. The molecule has 446 valence electrons. The summed E-state index contributed by atoms with van der Waals surface area (Å²) in [4.78, 5) is 10.8. The smallest absolute Gasteiger partial charge is 0.160 e. The van der Waals surface area contributed by atoms with Crippen LogP contribution in [0.3, 0.4) is 0 Å². The average molecular weight is 1220 g/mol. The molecule has 0 saturated heterocycles. The fourth-order valence-electron chi connectivity index (χ4n) is 14.9. The van der Waals surface area contributed by atoms with Gasteiger partial charge < -0.3 is 18.3 Å². The van der Waals surface area contributed by atoms with Gasteiger partial charge in [0, 0.05) is 82.5 Å². The van der Waals surface area contributed by atoms with Crippen LogP contribution < -0.4 is 0 Å². The molecule has 0 amide bonds. The second-order valence-corrected chi connectivity index (χ2v) is 24.8. The van der Waals surface area contributed by atoms with Gasteiger partial charge in [0.1, 0.15) is 0 Å². The van der Waals surface area contributed by atoms with Crippen LogP contribution in [0.4, 0.5) is 0 Å². The third-order valence-electron chi connectivity index (χ3n) is 19.4. The molecule has 0 fully saturated rings. The second kappa shape index (κ2) is 22.0. The molecular weight excluding hydrogens is 1170 g/mol. The molecule has 0 aliphatic heterocycles. The molecule has 14 aromatic carbocycles. The summed E-state index contributed by atoms with van der Waals surface area (Å²) in [5.74, 6) is 0.619. The molecule has 0 unspecified atom stereocenters. The molecule has 0 aliphatic carbocycles. The van der Waals surface area contributed by atoms with E-state index in [1.165, 1.54) is 81.8 Å². The second-order valence-electron chi connectivity index (χ2n) is 24.8. The van der Waals surface area contributed by atoms with Gasteiger partial charge in [-0.3, -0.25) is 0 Å². The predicted octanol–water partition coefficient (Wildman–Crippen LogP) is 22.7. The van der Waals surface area contributed by atoms with Crippen LogP contribution in [0.2, 0.25) is 0 Å². The first-order valence-corrected chi connectivity index (χ1v) is 32.5. The summed E-state index contributed by atoms with van der Waals surface area (Å²) in [6.07, 6.45) is 0. The van der Waals surface area contributed by atoms with Crippen molar-refractivity contribution < 1.29 is 0 Å². The molecule has 0 spiro atoms. The first kappa shape index (κ1) is 54.6. The van der Waals surface area contributed by atoms with Crippen LogP contribution in [0.15, 0.2) is 334 Å². The van der Waals surface area contributed by atoms with E-state index in [0.717, 1.165) is 89.6 Å². The largest absolute Gasteiger partial charge is 0.309 e. The lowest BCUT2D eigenvalue weighted by atomic mass is 10.0. The Hall–Kier alpha value is -13.2. The molecule has 0 radical (unpaired) electrons. The standard InChI is InChI=1S/C89H55N7/c90-56-57-17-15-18-61(49-57)58-33-35-59(36-34-58)79-55-80(66-19-16-24-70(50-66)96-84-32-14-10-28-74(84)78-54-65(42-48-88(78)96)63-40-46-86-76(52-63)72-26-8-12-30-82(72)94(86)68-22-5-2-6-23-68)92-89(91-79)60-37-43-69(44-38-60)95-83-31-13-9-27-73(83)77-53-64(41-47-87(77)95)62-39-45-85-75(51-62)71-25-7-11-29-81(71)93(85)67-20-3-1-4-21-67/h1-55H. The lowest BCUT2D eigenvalue weighted by Gasteiger charge is -2.13. The van der Waals surface area contributed by atoms with Crippen molar-refractivity contribution in [3.63, 3.8) is 0 Å². The van der Waals surface area contributed by atoms with E-state index in [2.05, 4.69) is 334 Å². The number of nitrogens with zero attached hydrogens (tertiary/aromatic N) is 7. The van der Waals surface area contributed by atoms with Crippen LogP contribution >= 0.6 is 0 Å². The monoisotopic (exact) mass is 1220 g/mol. The minimum Gasteiger partial charge on any atom is -0.309 e. The summed E-state index contributed by atoms with van der Waals surface area (Å²) in [7, 11) is 0. The van der Waals surface area contributed by atoms with Gasteiger partial charge in [-0.15, -0.1) is 0 Å². The summed E-state index contributed by atoms with van der Waals surface area (Å²) in [6.45, 7) is 0. The molecule has 19 aromatic rings. The van der Waals surface area contributed by atoms with E-state index in [1.807, 2.05) is 24.3 Å². The van der Waals surface area contributed by atoms with Crippen molar-refractivity contribution in [3.05, 3.63) is 339 Å².